The summed E-state index contributed by atoms with van der Waals surface area (Å²) in [5, 5.41) is 11.8. The van der Waals surface area contributed by atoms with E-state index in [0.717, 1.165) is 22.6 Å². The molecule has 0 spiro atoms. The second-order valence-electron chi connectivity index (χ2n) is 7.49. The molecule has 0 saturated heterocycles. The van der Waals surface area contributed by atoms with Crippen LogP contribution in [0.5, 0.6) is 11.5 Å². The van der Waals surface area contributed by atoms with Gasteiger partial charge in [0.25, 0.3) is 0 Å². The van der Waals surface area contributed by atoms with Gasteiger partial charge in [-0.25, -0.2) is 4.98 Å². The zero-order chi connectivity index (χ0) is 24.6. The monoisotopic (exact) mass is 487 g/mol. The number of thioether (sulfide) groups is 1. The number of carbonyl (C=O) groups excluding carboxylic acids is 1. The fraction of sp³-hybridized carbons (Fsp3) is 0.192. The van der Waals surface area contributed by atoms with E-state index < -0.39 is 5.25 Å². The SMILES string of the molecule is CCC(Sc1nnc(-c2ccc(OC)cc2)c(-c2ccc(OC)cc2)n1)C(=O)Nc1cccnc1. The minimum absolute atomic E-state index is 0.140. The highest BCUT2D eigenvalue weighted by Gasteiger charge is 2.22. The molecule has 178 valence electrons. The molecule has 9 heteroatoms. The van der Waals surface area contributed by atoms with Gasteiger partial charge in [-0.2, -0.15) is 0 Å². The molecule has 0 fully saturated rings. The van der Waals surface area contributed by atoms with Gasteiger partial charge < -0.3 is 14.8 Å². The lowest BCUT2D eigenvalue weighted by Gasteiger charge is -2.15. The van der Waals surface area contributed by atoms with Crippen molar-refractivity contribution in [3.8, 4) is 34.0 Å². The maximum Gasteiger partial charge on any atom is 0.238 e. The van der Waals surface area contributed by atoms with Gasteiger partial charge in [0.05, 0.1) is 31.4 Å². The summed E-state index contributed by atoms with van der Waals surface area (Å²) >= 11 is 1.28. The Morgan fingerprint density at radius 2 is 1.54 bits per heavy atom. The fourth-order valence-corrected chi connectivity index (χ4v) is 4.18. The molecule has 1 atom stereocenters. The maximum absolute atomic E-state index is 12.9. The molecule has 2 heterocycles. The maximum atomic E-state index is 12.9. The molecule has 0 aliphatic carbocycles. The van der Waals surface area contributed by atoms with E-state index in [9.17, 15) is 4.79 Å². The molecule has 4 aromatic rings. The lowest BCUT2D eigenvalue weighted by atomic mass is 10.0. The average Bonchev–Trinajstić information content (AvgIpc) is 2.92. The molecule has 0 bridgehead atoms. The summed E-state index contributed by atoms with van der Waals surface area (Å²) < 4.78 is 10.6. The summed E-state index contributed by atoms with van der Waals surface area (Å²) in [5.74, 6) is 1.35. The van der Waals surface area contributed by atoms with Crippen molar-refractivity contribution in [1.29, 1.82) is 0 Å². The van der Waals surface area contributed by atoms with Gasteiger partial charge in [-0.05, 0) is 67.1 Å². The van der Waals surface area contributed by atoms with Crippen LogP contribution in [0, 0.1) is 0 Å². The van der Waals surface area contributed by atoms with Crippen LogP contribution in [0.25, 0.3) is 22.5 Å². The number of hydrogen-bond acceptors (Lipinski definition) is 8. The van der Waals surface area contributed by atoms with Crippen molar-refractivity contribution in [1.82, 2.24) is 20.2 Å². The van der Waals surface area contributed by atoms with E-state index in [2.05, 4.69) is 20.5 Å². The Bertz CT molecular complexity index is 1270. The van der Waals surface area contributed by atoms with Crippen LogP contribution < -0.4 is 14.8 Å². The molecular weight excluding hydrogens is 462 g/mol. The van der Waals surface area contributed by atoms with E-state index in [-0.39, 0.29) is 5.91 Å². The van der Waals surface area contributed by atoms with Crippen molar-refractivity contribution < 1.29 is 14.3 Å². The molecule has 1 amide bonds. The Kier molecular flexibility index (Phi) is 7.89. The van der Waals surface area contributed by atoms with Crippen molar-refractivity contribution in [2.75, 3.05) is 19.5 Å². The van der Waals surface area contributed by atoms with Crippen LogP contribution in [0.15, 0.2) is 78.2 Å². The lowest BCUT2D eigenvalue weighted by Crippen LogP contribution is -2.25. The fourth-order valence-electron chi connectivity index (χ4n) is 3.36. The van der Waals surface area contributed by atoms with Crippen LogP contribution in [0.3, 0.4) is 0 Å². The van der Waals surface area contributed by atoms with E-state index in [1.54, 1.807) is 38.7 Å². The van der Waals surface area contributed by atoms with E-state index in [4.69, 9.17) is 14.5 Å². The van der Waals surface area contributed by atoms with Gasteiger partial charge in [-0.1, -0.05) is 18.7 Å². The van der Waals surface area contributed by atoms with Gasteiger partial charge in [-0.3, -0.25) is 9.78 Å². The van der Waals surface area contributed by atoms with Crippen LogP contribution in [0.4, 0.5) is 5.69 Å². The van der Waals surface area contributed by atoms with Gasteiger partial charge in [0, 0.05) is 17.3 Å². The van der Waals surface area contributed by atoms with Crippen molar-refractivity contribution in [2.24, 2.45) is 0 Å². The minimum atomic E-state index is -0.396. The van der Waals surface area contributed by atoms with E-state index >= 15 is 0 Å². The number of ether oxygens (including phenoxy) is 2. The largest absolute Gasteiger partial charge is 0.497 e. The Balaban J connectivity index is 1.66. The lowest BCUT2D eigenvalue weighted by molar-refractivity contribution is -0.115. The van der Waals surface area contributed by atoms with Gasteiger partial charge in [0.15, 0.2) is 0 Å². The number of hydrogen-bond donors (Lipinski definition) is 1. The third-order valence-electron chi connectivity index (χ3n) is 5.23. The molecule has 35 heavy (non-hydrogen) atoms. The molecule has 0 aliphatic heterocycles. The van der Waals surface area contributed by atoms with Gasteiger partial charge in [-0.15, -0.1) is 10.2 Å². The predicted octanol–water partition coefficient (Wildman–Crippen LogP) is 5.13. The minimum Gasteiger partial charge on any atom is -0.497 e. The smallest absolute Gasteiger partial charge is 0.238 e. The zero-order valence-corrected chi connectivity index (χ0v) is 20.5. The Labute approximate surface area is 208 Å². The molecule has 0 radical (unpaired) electrons. The van der Waals surface area contributed by atoms with Crippen LogP contribution in [-0.4, -0.2) is 45.5 Å². The summed E-state index contributed by atoms with van der Waals surface area (Å²) in [6.45, 7) is 1.95. The molecule has 1 N–H and O–H groups in total. The van der Waals surface area contributed by atoms with E-state index in [1.165, 1.54) is 11.8 Å². The zero-order valence-electron chi connectivity index (χ0n) is 19.6. The van der Waals surface area contributed by atoms with E-state index in [1.807, 2.05) is 55.5 Å². The molecule has 2 aromatic carbocycles. The number of nitrogens with one attached hydrogen (secondary N) is 1. The summed E-state index contributed by atoms with van der Waals surface area (Å²) in [7, 11) is 3.25. The number of aromatic nitrogens is 4. The number of amides is 1. The first kappa shape index (κ1) is 24.2. The summed E-state index contributed by atoms with van der Waals surface area (Å²) in [4.78, 5) is 21.7. The van der Waals surface area contributed by atoms with Gasteiger partial charge >= 0.3 is 0 Å². The number of nitrogens with zero attached hydrogens (tertiary/aromatic N) is 4. The topological polar surface area (TPSA) is 99.1 Å². The number of rotatable bonds is 9. The van der Waals surface area contributed by atoms with Crippen LogP contribution in [-0.2, 0) is 4.79 Å². The van der Waals surface area contributed by atoms with Crippen molar-refractivity contribution in [3.63, 3.8) is 0 Å². The highest BCUT2D eigenvalue weighted by molar-refractivity contribution is 8.00. The summed E-state index contributed by atoms with van der Waals surface area (Å²) in [5.41, 5.74) is 3.66. The van der Waals surface area contributed by atoms with Gasteiger partial charge in [0.1, 0.15) is 22.9 Å². The Hall–Kier alpha value is -3.98. The molecule has 0 saturated carbocycles. The number of anilines is 1. The second kappa shape index (κ2) is 11.4. The van der Waals surface area contributed by atoms with Crippen molar-refractivity contribution >= 4 is 23.4 Å². The predicted molar refractivity (Wildman–Crippen MR) is 137 cm³/mol. The molecule has 4 rings (SSSR count). The van der Waals surface area contributed by atoms with Crippen molar-refractivity contribution in [3.05, 3.63) is 73.1 Å². The number of carbonyl (C=O) groups is 1. The van der Waals surface area contributed by atoms with Crippen molar-refractivity contribution in [2.45, 2.75) is 23.8 Å². The average molecular weight is 488 g/mol. The molecule has 8 nitrogen and oxygen atoms in total. The third-order valence-corrected chi connectivity index (χ3v) is 6.45. The Morgan fingerprint density at radius 1 is 0.914 bits per heavy atom. The standard InChI is InChI=1S/C26H25N5O3S/c1-4-22(25(32)28-19-6-5-15-27-16-19)35-26-29-23(17-7-11-20(33-2)12-8-17)24(30-31-26)18-9-13-21(34-3)14-10-18/h5-16,22H,4H2,1-3H3,(H,28,32). The molecular formula is C26H25N5O3S. The number of benzene rings is 2. The first-order valence-electron chi connectivity index (χ1n) is 11.0. The molecule has 0 aliphatic rings. The first-order chi connectivity index (χ1) is 17.1. The number of pyridine rings is 1. The molecule has 2 aromatic heterocycles. The van der Waals surface area contributed by atoms with Gasteiger partial charge in [0.2, 0.25) is 11.1 Å². The van der Waals surface area contributed by atoms with Crippen LogP contribution >= 0.6 is 11.8 Å². The highest BCUT2D eigenvalue weighted by Crippen LogP contribution is 2.33. The quantitative estimate of drug-likeness (QED) is 0.325. The summed E-state index contributed by atoms with van der Waals surface area (Å²) in [6.07, 6.45) is 3.86. The number of methoxy groups -OCH3 is 2. The second-order valence-corrected chi connectivity index (χ2v) is 8.66. The summed E-state index contributed by atoms with van der Waals surface area (Å²) in [6, 6.07) is 18.7. The van der Waals surface area contributed by atoms with E-state index in [0.29, 0.717) is 28.7 Å². The van der Waals surface area contributed by atoms with Crippen LogP contribution in [0.2, 0.25) is 0 Å². The first-order valence-corrected chi connectivity index (χ1v) is 11.9. The Morgan fingerprint density at radius 3 is 2.09 bits per heavy atom. The van der Waals surface area contributed by atoms with Crippen LogP contribution in [0.1, 0.15) is 13.3 Å². The molecule has 1 unspecified atom stereocenters. The normalized spacial score (nSPS) is 11.5. The third kappa shape index (κ3) is 5.93. The highest BCUT2D eigenvalue weighted by atomic mass is 32.2.